The van der Waals surface area contributed by atoms with E-state index in [1.807, 2.05) is 26.0 Å². The van der Waals surface area contributed by atoms with Gasteiger partial charge in [-0.3, -0.25) is 9.59 Å². The number of carbonyl (C=O) groups excluding carboxylic acids is 3. The van der Waals surface area contributed by atoms with Crippen LogP contribution < -0.4 is 20.2 Å². The Morgan fingerprint density at radius 1 is 0.829 bits per heavy atom. The molecule has 4 aromatic carbocycles. The molecule has 0 aliphatic rings. The predicted molar refractivity (Wildman–Crippen MR) is 160 cm³/mol. The van der Waals surface area contributed by atoms with Gasteiger partial charge >= 0.3 is 5.97 Å². The second-order valence-electron chi connectivity index (χ2n) is 8.75. The maximum Gasteiger partial charge on any atom is 0.343 e. The lowest BCUT2D eigenvalue weighted by Crippen LogP contribution is -2.18. The van der Waals surface area contributed by atoms with Crippen LogP contribution in [0.5, 0.6) is 11.5 Å². The van der Waals surface area contributed by atoms with Gasteiger partial charge in [-0.05, 0) is 92.2 Å². The monoisotopic (exact) mass is 589 g/mol. The van der Waals surface area contributed by atoms with E-state index in [1.165, 1.54) is 18.3 Å². The Kier molecular flexibility index (Phi) is 9.73. The summed E-state index contributed by atoms with van der Waals surface area (Å²) in [5, 5.41) is 7.39. The molecule has 208 valence electrons. The SMILES string of the molecule is CCOc1cc(/C=N\NC(=O)c2ccc(NC(=O)c3ccc(Cl)cc3Cl)cc2)ccc1OC(=O)c1ccc(C)cc1. The summed E-state index contributed by atoms with van der Waals surface area (Å²) in [4.78, 5) is 37.6. The van der Waals surface area contributed by atoms with Crippen molar-refractivity contribution in [2.24, 2.45) is 5.10 Å². The van der Waals surface area contributed by atoms with E-state index in [-0.39, 0.29) is 16.3 Å². The summed E-state index contributed by atoms with van der Waals surface area (Å²) in [5.74, 6) is -0.728. The average Bonchev–Trinajstić information content (AvgIpc) is 2.95. The molecular weight excluding hydrogens is 565 g/mol. The Balaban J connectivity index is 1.36. The van der Waals surface area contributed by atoms with Gasteiger partial charge in [0, 0.05) is 16.3 Å². The highest BCUT2D eigenvalue weighted by atomic mass is 35.5. The summed E-state index contributed by atoms with van der Waals surface area (Å²) in [6.45, 7) is 4.11. The molecule has 4 rings (SSSR count). The first-order valence-corrected chi connectivity index (χ1v) is 13.2. The lowest BCUT2D eigenvalue weighted by molar-refractivity contribution is 0.0728. The normalized spacial score (nSPS) is 10.7. The molecule has 0 saturated carbocycles. The summed E-state index contributed by atoms with van der Waals surface area (Å²) < 4.78 is 11.2. The fraction of sp³-hybridized carbons (Fsp3) is 0.0968. The van der Waals surface area contributed by atoms with E-state index in [2.05, 4.69) is 15.8 Å². The summed E-state index contributed by atoms with van der Waals surface area (Å²) in [6.07, 6.45) is 1.44. The number of esters is 1. The Hall–Kier alpha value is -4.66. The highest BCUT2D eigenvalue weighted by Crippen LogP contribution is 2.29. The number of nitrogens with one attached hydrogen (secondary N) is 2. The third-order valence-corrected chi connectivity index (χ3v) is 6.27. The van der Waals surface area contributed by atoms with Crippen molar-refractivity contribution in [2.45, 2.75) is 13.8 Å². The second-order valence-corrected chi connectivity index (χ2v) is 9.59. The standard InChI is InChI=1S/C31H25Cl2N3O5/c1-3-40-28-16-20(6-15-27(28)41-31(39)22-7-4-19(2)5-8-22)18-34-36-29(37)21-9-12-24(13-10-21)35-30(38)25-14-11-23(32)17-26(25)33/h4-18H,3H2,1-2H3,(H,35,38)(H,36,37)/b34-18-. The fourth-order valence-electron chi connectivity index (χ4n) is 3.61. The van der Waals surface area contributed by atoms with E-state index in [9.17, 15) is 14.4 Å². The highest BCUT2D eigenvalue weighted by Gasteiger charge is 2.14. The van der Waals surface area contributed by atoms with Crippen LogP contribution in [0.1, 0.15) is 49.1 Å². The van der Waals surface area contributed by atoms with Gasteiger partial charge in [-0.1, -0.05) is 40.9 Å². The predicted octanol–water partition coefficient (Wildman–Crippen LogP) is 6.94. The first-order chi connectivity index (χ1) is 19.7. The molecule has 0 radical (unpaired) electrons. The number of hydrogen-bond acceptors (Lipinski definition) is 6. The topological polar surface area (TPSA) is 106 Å². The number of ether oxygens (including phenoxy) is 2. The van der Waals surface area contributed by atoms with Crippen LogP contribution in [-0.4, -0.2) is 30.6 Å². The molecule has 0 atom stereocenters. The van der Waals surface area contributed by atoms with E-state index >= 15 is 0 Å². The Bertz CT molecular complexity index is 1600. The minimum atomic E-state index is -0.501. The van der Waals surface area contributed by atoms with Crippen molar-refractivity contribution in [3.63, 3.8) is 0 Å². The van der Waals surface area contributed by atoms with E-state index in [0.717, 1.165) is 5.56 Å². The molecule has 0 fully saturated rings. The highest BCUT2D eigenvalue weighted by molar-refractivity contribution is 6.37. The van der Waals surface area contributed by atoms with E-state index < -0.39 is 17.8 Å². The molecule has 0 heterocycles. The van der Waals surface area contributed by atoms with Crippen LogP contribution in [0.3, 0.4) is 0 Å². The molecule has 0 aliphatic carbocycles. The molecule has 2 amide bonds. The Morgan fingerprint density at radius 2 is 1.54 bits per heavy atom. The van der Waals surface area contributed by atoms with Gasteiger partial charge in [0.05, 0.1) is 29.0 Å². The molecule has 10 heteroatoms. The Morgan fingerprint density at radius 3 is 2.22 bits per heavy atom. The van der Waals surface area contributed by atoms with Gasteiger partial charge < -0.3 is 14.8 Å². The van der Waals surface area contributed by atoms with Gasteiger partial charge in [-0.2, -0.15) is 5.10 Å². The number of nitrogens with zero attached hydrogens (tertiary/aromatic N) is 1. The van der Waals surface area contributed by atoms with E-state index in [1.54, 1.807) is 60.7 Å². The number of carbonyl (C=O) groups is 3. The number of hydrogen-bond donors (Lipinski definition) is 2. The van der Waals surface area contributed by atoms with Gasteiger partial charge in [0.25, 0.3) is 11.8 Å². The summed E-state index contributed by atoms with van der Waals surface area (Å²) in [5.41, 5.74) is 5.62. The van der Waals surface area contributed by atoms with Crippen molar-refractivity contribution < 1.29 is 23.9 Å². The van der Waals surface area contributed by atoms with Crippen molar-refractivity contribution in [1.82, 2.24) is 5.43 Å². The van der Waals surface area contributed by atoms with Crippen LogP contribution >= 0.6 is 23.2 Å². The van der Waals surface area contributed by atoms with Crippen LogP contribution in [0.4, 0.5) is 5.69 Å². The quantitative estimate of drug-likeness (QED) is 0.0952. The van der Waals surface area contributed by atoms with Crippen molar-refractivity contribution >= 4 is 52.9 Å². The van der Waals surface area contributed by atoms with Crippen LogP contribution in [0.2, 0.25) is 10.0 Å². The number of amides is 2. The second kappa shape index (κ2) is 13.6. The summed E-state index contributed by atoms with van der Waals surface area (Å²) in [6, 6.07) is 22.9. The van der Waals surface area contributed by atoms with Crippen LogP contribution in [-0.2, 0) is 0 Å². The molecule has 0 aromatic heterocycles. The number of benzene rings is 4. The van der Waals surface area contributed by atoms with Crippen molar-refractivity contribution in [1.29, 1.82) is 0 Å². The molecular formula is C31H25Cl2N3O5. The third-order valence-electron chi connectivity index (χ3n) is 5.72. The average molecular weight is 590 g/mol. The maximum atomic E-state index is 12.5. The van der Waals surface area contributed by atoms with Crippen molar-refractivity contribution in [3.8, 4) is 11.5 Å². The largest absolute Gasteiger partial charge is 0.490 e. The van der Waals surface area contributed by atoms with Crippen LogP contribution in [0.15, 0.2) is 90.0 Å². The van der Waals surface area contributed by atoms with Crippen LogP contribution in [0.25, 0.3) is 0 Å². The molecule has 2 N–H and O–H groups in total. The number of rotatable bonds is 9. The van der Waals surface area contributed by atoms with Gasteiger partial charge in [-0.25, -0.2) is 10.2 Å². The minimum Gasteiger partial charge on any atom is -0.490 e. The summed E-state index contributed by atoms with van der Waals surface area (Å²) >= 11 is 12.0. The summed E-state index contributed by atoms with van der Waals surface area (Å²) in [7, 11) is 0. The zero-order chi connectivity index (χ0) is 29.4. The van der Waals surface area contributed by atoms with E-state index in [4.69, 9.17) is 32.7 Å². The molecule has 0 saturated heterocycles. The maximum absolute atomic E-state index is 12.5. The number of hydrazone groups is 1. The molecule has 4 aromatic rings. The van der Waals surface area contributed by atoms with Crippen molar-refractivity contribution in [3.05, 3.63) is 123 Å². The Labute approximate surface area is 246 Å². The van der Waals surface area contributed by atoms with E-state index in [0.29, 0.717) is 39.8 Å². The van der Waals surface area contributed by atoms with Gasteiger partial charge in [0.2, 0.25) is 0 Å². The third kappa shape index (κ3) is 7.94. The molecule has 8 nitrogen and oxygen atoms in total. The molecule has 0 spiro atoms. The van der Waals surface area contributed by atoms with Gasteiger partial charge in [0.1, 0.15) is 0 Å². The van der Waals surface area contributed by atoms with Crippen molar-refractivity contribution in [2.75, 3.05) is 11.9 Å². The number of halogens is 2. The van der Waals surface area contributed by atoms with Gasteiger partial charge in [-0.15, -0.1) is 0 Å². The molecule has 41 heavy (non-hydrogen) atoms. The zero-order valence-electron chi connectivity index (χ0n) is 22.1. The molecule has 0 bridgehead atoms. The van der Waals surface area contributed by atoms with Crippen LogP contribution in [0, 0.1) is 6.92 Å². The minimum absolute atomic E-state index is 0.232. The first-order valence-electron chi connectivity index (χ1n) is 12.5. The lowest BCUT2D eigenvalue weighted by atomic mass is 10.1. The zero-order valence-corrected chi connectivity index (χ0v) is 23.6. The number of anilines is 1. The molecule has 0 unspecified atom stereocenters. The first kappa shape index (κ1) is 29.3. The lowest BCUT2D eigenvalue weighted by Gasteiger charge is -2.11. The number of aryl methyl sites for hydroxylation is 1. The fourth-order valence-corrected chi connectivity index (χ4v) is 4.11. The van der Waals surface area contributed by atoms with Gasteiger partial charge in [0.15, 0.2) is 11.5 Å². The smallest absolute Gasteiger partial charge is 0.343 e. The molecule has 0 aliphatic heterocycles.